The molecule has 6 nitrogen and oxygen atoms in total. The van der Waals surface area contributed by atoms with Crippen LogP contribution in [0.25, 0.3) is 5.69 Å². The molecule has 0 saturated heterocycles. The first-order valence-electron chi connectivity index (χ1n) is 9.87. The molecule has 1 amide bonds. The Hall–Kier alpha value is -3.87. The Bertz CT molecular complexity index is 1180. The predicted molar refractivity (Wildman–Crippen MR) is 114 cm³/mol. The number of hydrogen-bond acceptors (Lipinski definition) is 4. The van der Waals surface area contributed by atoms with Gasteiger partial charge in [-0.3, -0.25) is 4.79 Å². The third kappa shape index (κ3) is 4.66. The Morgan fingerprint density at radius 3 is 2.55 bits per heavy atom. The first-order chi connectivity index (χ1) is 15.0. The fraction of sp³-hybridized carbons (Fsp3) is 0.167. The van der Waals surface area contributed by atoms with Crippen molar-refractivity contribution >= 4 is 5.91 Å². The summed E-state index contributed by atoms with van der Waals surface area (Å²) in [6.45, 7) is 4.38. The van der Waals surface area contributed by atoms with Gasteiger partial charge in [0.25, 0.3) is 5.91 Å². The summed E-state index contributed by atoms with van der Waals surface area (Å²) in [5.74, 6) is 0.566. The molecule has 0 bridgehead atoms. The Morgan fingerprint density at radius 1 is 1.06 bits per heavy atom. The number of rotatable bonds is 7. The number of aryl methyl sites for hydroxylation is 1. The van der Waals surface area contributed by atoms with E-state index in [-0.39, 0.29) is 24.1 Å². The Balaban J connectivity index is 1.37. The number of hydrogen-bond donors (Lipinski definition) is 1. The summed E-state index contributed by atoms with van der Waals surface area (Å²) < 4.78 is 25.9. The highest BCUT2D eigenvalue weighted by molar-refractivity contribution is 5.91. The van der Waals surface area contributed by atoms with Gasteiger partial charge in [0.15, 0.2) is 5.76 Å². The van der Waals surface area contributed by atoms with Gasteiger partial charge >= 0.3 is 0 Å². The van der Waals surface area contributed by atoms with Gasteiger partial charge in [-0.15, -0.1) is 0 Å². The molecule has 2 heterocycles. The lowest BCUT2D eigenvalue weighted by Crippen LogP contribution is -2.23. The number of nitrogens with zero attached hydrogens (tertiary/aromatic N) is 2. The van der Waals surface area contributed by atoms with Gasteiger partial charge in [-0.1, -0.05) is 18.2 Å². The topological polar surface area (TPSA) is 69.3 Å². The van der Waals surface area contributed by atoms with Crippen LogP contribution in [0.1, 0.15) is 33.3 Å². The van der Waals surface area contributed by atoms with Gasteiger partial charge in [0.05, 0.1) is 11.4 Å². The number of halogens is 1. The van der Waals surface area contributed by atoms with Gasteiger partial charge in [0.1, 0.15) is 23.9 Å². The van der Waals surface area contributed by atoms with Gasteiger partial charge < -0.3 is 14.5 Å². The van der Waals surface area contributed by atoms with Crippen LogP contribution in [0.5, 0.6) is 5.75 Å². The van der Waals surface area contributed by atoms with E-state index < -0.39 is 0 Å². The lowest BCUT2D eigenvalue weighted by atomic mass is 10.2. The second kappa shape index (κ2) is 8.87. The zero-order valence-corrected chi connectivity index (χ0v) is 17.3. The third-order valence-electron chi connectivity index (χ3n) is 4.95. The van der Waals surface area contributed by atoms with E-state index in [0.717, 1.165) is 22.6 Å². The quantitative estimate of drug-likeness (QED) is 0.470. The fourth-order valence-corrected chi connectivity index (χ4v) is 3.27. The summed E-state index contributed by atoms with van der Waals surface area (Å²) in [5, 5.41) is 7.48. The molecule has 0 atom stereocenters. The van der Waals surface area contributed by atoms with Crippen molar-refractivity contribution < 1.29 is 18.3 Å². The van der Waals surface area contributed by atoms with Gasteiger partial charge in [-0.05, 0) is 62.4 Å². The molecule has 4 aromatic rings. The summed E-state index contributed by atoms with van der Waals surface area (Å²) in [7, 11) is 0. The largest absolute Gasteiger partial charge is 0.486 e. The molecule has 1 N–H and O–H groups in total. The van der Waals surface area contributed by atoms with Gasteiger partial charge in [-0.2, -0.15) is 5.10 Å². The van der Waals surface area contributed by atoms with E-state index in [0.29, 0.717) is 18.1 Å². The SMILES string of the molecule is Cc1nn(-c2ccccc2)c(C)c1CNC(=O)c1ccc(COc2ccc(F)cc2)o1. The summed E-state index contributed by atoms with van der Waals surface area (Å²) in [6.07, 6.45) is 0. The maximum Gasteiger partial charge on any atom is 0.287 e. The van der Waals surface area contributed by atoms with E-state index in [9.17, 15) is 9.18 Å². The molecule has 0 aliphatic rings. The summed E-state index contributed by atoms with van der Waals surface area (Å²) >= 11 is 0. The second-order valence-electron chi connectivity index (χ2n) is 7.09. The molecule has 0 aliphatic carbocycles. The Labute approximate surface area is 179 Å². The maximum absolute atomic E-state index is 13.0. The second-order valence-corrected chi connectivity index (χ2v) is 7.09. The molecule has 0 unspecified atom stereocenters. The molecule has 0 radical (unpaired) electrons. The molecule has 2 aromatic carbocycles. The molecule has 158 valence electrons. The molecule has 0 fully saturated rings. The van der Waals surface area contributed by atoms with E-state index in [2.05, 4.69) is 10.4 Å². The number of carbonyl (C=O) groups excluding carboxylic acids is 1. The van der Waals surface area contributed by atoms with Crippen molar-refractivity contribution in [2.45, 2.75) is 27.0 Å². The summed E-state index contributed by atoms with van der Waals surface area (Å²) in [6, 6.07) is 18.8. The van der Waals surface area contributed by atoms with Crippen LogP contribution in [0.2, 0.25) is 0 Å². The van der Waals surface area contributed by atoms with Crippen LogP contribution in [-0.2, 0) is 13.2 Å². The number of amides is 1. The van der Waals surface area contributed by atoms with Crippen LogP contribution in [0.15, 0.2) is 71.1 Å². The van der Waals surface area contributed by atoms with Gasteiger partial charge in [-0.25, -0.2) is 9.07 Å². The smallest absolute Gasteiger partial charge is 0.287 e. The minimum Gasteiger partial charge on any atom is -0.486 e. The average molecular weight is 419 g/mol. The van der Waals surface area contributed by atoms with Crippen LogP contribution >= 0.6 is 0 Å². The van der Waals surface area contributed by atoms with Crippen molar-refractivity contribution in [1.29, 1.82) is 0 Å². The highest BCUT2D eigenvalue weighted by atomic mass is 19.1. The zero-order valence-electron chi connectivity index (χ0n) is 17.3. The van der Waals surface area contributed by atoms with Crippen LogP contribution in [0.3, 0.4) is 0 Å². The Morgan fingerprint density at radius 2 is 1.81 bits per heavy atom. The highest BCUT2D eigenvalue weighted by Gasteiger charge is 2.16. The van der Waals surface area contributed by atoms with E-state index in [4.69, 9.17) is 9.15 Å². The number of para-hydroxylation sites is 1. The lowest BCUT2D eigenvalue weighted by Gasteiger charge is -2.06. The number of benzene rings is 2. The van der Waals surface area contributed by atoms with Crippen molar-refractivity contribution in [3.63, 3.8) is 0 Å². The van der Waals surface area contributed by atoms with E-state index in [1.165, 1.54) is 24.3 Å². The third-order valence-corrected chi connectivity index (χ3v) is 4.95. The molecule has 31 heavy (non-hydrogen) atoms. The molecular weight excluding hydrogens is 397 g/mol. The molecule has 0 saturated carbocycles. The Kier molecular flexibility index (Phi) is 5.84. The molecule has 7 heteroatoms. The van der Waals surface area contributed by atoms with Crippen molar-refractivity contribution in [3.8, 4) is 11.4 Å². The fourth-order valence-electron chi connectivity index (χ4n) is 3.27. The molecule has 0 spiro atoms. The molecule has 0 aliphatic heterocycles. The van der Waals surface area contributed by atoms with E-state index in [1.54, 1.807) is 12.1 Å². The standard InChI is InChI=1S/C24H22FN3O3/c1-16-22(17(2)28(27-16)19-6-4-3-5-7-19)14-26-24(29)23-13-12-21(31-23)15-30-20-10-8-18(25)9-11-20/h3-13H,14-15H2,1-2H3,(H,26,29). The minimum absolute atomic E-state index is 0.140. The lowest BCUT2D eigenvalue weighted by molar-refractivity contribution is 0.0919. The summed E-state index contributed by atoms with van der Waals surface area (Å²) in [4.78, 5) is 12.5. The first kappa shape index (κ1) is 20.4. The van der Waals surface area contributed by atoms with E-state index >= 15 is 0 Å². The number of carbonyl (C=O) groups is 1. The number of aromatic nitrogens is 2. The number of nitrogens with one attached hydrogen (secondary N) is 1. The normalized spacial score (nSPS) is 10.8. The van der Waals surface area contributed by atoms with Crippen molar-refractivity contribution in [3.05, 3.63) is 101 Å². The van der Waals surface area contributed by atoms with Gasteiger partial charge in [0.2, 0.25) is 0 Å². The van der Waals surface area contributed by atoms with Crippen molar-refractivity contribution in [2.75, 3.05) is 0 Å². The molecule has 4 rings (SSSR count). The number of furan rings is 1. The monoisotopic (exact) mass is 419 g/mol. The van der Waals surface area contributed by atoms with Crippen LogP contribution < -0.4 is 10.1 Å². The average Bonchev–Trinajstić information content (AvgIpc) is 3.37. The molecular formula is C24H22FN3O3. The zero-order chi connectivity index (χ0) is 21.8. The molecule has 2 aromatic heterocycles. The van der Waals surface area contributed by atoms with Crippen molar-refractivity contribution in [2.24, 2.45) is 0 Å². The van der Waals surface area contributed by atoms with Crippen molar-refractivity contribution in [1.82, 2.24) is 15.1 Å². The number of ether oxygens (including phenoxy) is 1. The maximum atomic E-state index is 13.0. The van der Waals surface area contributed by atoms with E-state index in [1.807, 2.05) is 48.9 Å². The van der Waals surface area contributed by atoms with Crippen LogP contribution in [0.4, 0.5) is 4.39 Å². The minimum atomic E-state index is -0.330. The van der Waals surface area contributed by atoms with Crippen LogP contribution in [-0.4, -0.2) is 15.7 Å². The summed E-state index contributed by atoms with van der Waals surface area (Å²) in [5.41, 5.74) is 3.76. The first-order valence-corrected chi connectivity index (χ1v) is 9.87. The van der Waals surface area contributed by atoms with Crippen LogP contribution in [0, 0.1) is 19.7 Å². The van der Waals surface area contributed by atoms with Gasteiger partial charge in [0, 0.05) is 17.8 Å². The highest BCUT2D eigenvalue weighted by Crippen LogP contribution is 2.18. The predicted octanol–water partition coefficient (Wildman–Crippen LogP) is 4.73.